The molecule has 10 heteroatoms. The standard InChI is InChI=1S/C39H32F6NO2P/c1-36(2,3)35-37(26-12-6-4-7-13-26,27-14-8-5-9-15-27)48-34(46-35)32-16-10-11-17-33(32)49(47,30-22-18-28(19-23-30)38(40,41)42)31-24-20-29(21-25-31)39(43,44)45/h4-25,35H,1-3H3/t35-/m0/s1. The van der Waals surface area contributed by atoms with E-state index < -0.39 is 47.7 Å². The number of nitrogens with zero attached hydrogens (tertiary/aromatic N) is 1. The van der Waals surface area contributed by atoms with Crippen LogP contribution in [0.15, 0.2) is 138 Å². The van der Waals surface area contributed by atoms with Gasteiger partial charge < -0.3 is 9.30 Å². The van der Waals surface area contributed by atoms with Crippen LogP contribution in [0.5, 0.6) is 0 Å². The van der Waals surface area contributed by atoms with Crippen LogP contribution >= 0.6 is 7.14 Å². The van der Waals surface area contributed by atoms with E-state index in [2.05, 4.69) is 0 Å². The van der Waals surface area contributed by atoms with E-state index in [4.69, 9.17) is 9.73 Å². The number of hydrogen-bond donors (Lipinski definition) is 0. The molecule has 49 heavy (non-hydrogen) atoms. The fourth-order valence-corrected chi connectivity index (χ4v) is 9.22. The van der Waals surface area contributed by atoms with E-state index >= 15 is 4.57 Å². The quantitative estimate of drug-likeness (QED) is 0.132. The molecule has 0 radical (unpaired) electrons. The molecule has 1 aliphatic heterocycles. The molecule has 0 saturated heterocycles. The predicted octanol–water partition coefficient (Wildman–Crippen LogP) is 9.50. The summed E-state index contributed by atoms with van der Waals surface area (Å²) in [7, 11) is -4.15. The summed E-state index contributed by atoms with van der Waals surface area (Å²) in [6.45, 7) is 6.11. The topological polar surface area (TPSA) is 38.7 Å². The fraction of sp³-hybridized carbons (Fsp3) is 0.205. The zero-order valence-corrected chi connectivity index (χ0v) is 27.7. The van der Waals surface area contributed by atoms with E-state index in [1.165, 1.54) is 0 Å². The van der Waals surface area contributed by atoms with Gasteiger partial charge in [0.2, 0.25) is 5.90 Å². The lowest BCUT2D eigenvalue weighted by Crippen LogP contribution is -2.45. The lowest BCUT2D eigenvalue weighted by atomic mass is 9.70. The number of rotatable bonds is 6. The van der Waals surface area contributed by atoms with Crippen LogP contribution in [0.1, 0.15) is 48.6 Å². The van der Waals surface area contributed by atoms with Gasteiger partial charge in [-0.3, -0.25) is 0 Å². The van der Waals surface area contributed by atoms with Gasteiger partial charge in [-0.15, -0.1) is 0 Å². The van der Waals surface area contributed by atoms with Crippen molar-refractivity contribution in [3.63, 3.8) is 0 Å². The maximum atomic E-state index is 15.6. The highest BCUT2D eigenvalue weighted by Gasteiger charge is 2.55. The second-order valence-electron chi connectivity index (χ2n) is 13.0. The second-order valence-corrected chi connectivity index (χ2v) is 15.7. The summed E-state index contributed by atoms with van der Waals surface area (Å²) in [5, 5.41) is 0.185. The molecule has 0 unspecified atom stereocenters. The van der Waals surface area contributed by atoms with E-state index in [-0.39, 0.29) is 21.8 Å². The zero-order chi connectivity index (χ0) is 35.2. The Bertz CT molecular complexity index is 1910. The number of ether oxygens (including phenoxy) is 1. The predicted molar refractivity (Wildman–Crippen MR) is 180 cm³/mol. The molecular weight excluding hydrogens is 659 g/mol. The minimum atomic E-state index is -4.65. The van der Waals surface area contributed by atoms with Crippen LogP contribution in [0.2, 0.25) is 0 Å². The van der Waals surface area contributed by atoms with Crippen molar-refractivity contribution >= 4 is 29.0 Å². The number of halogens is 6. The van der Waals surface area contributed by atoms with E-state index in [0.29, 0.717) is 5.56 Å². The molecule has 5 aromatic rings. The highest BCUT2D eigenvalue weighted by Crippen LogP contribution is 2.51. The molecule has 1 heterocycles. The van der Waals surface area contributed by atoms with Crippen LogP contribution in [0, 0.1) is 5.41 Å². The van der Waals surface area contributed by atoms with Gasteiger partial charge in [0, 0.05) is 32.6 Å². The Morgan fingerprint density at radius 1 is 0.592 bits per heavy atom. The van der Waals surface area contributed by atoms with Gasteiger partial charge in [0.25, 0.3) is 0 Å². The van der Waals surface area contributed by atoms with Crippen LogP contribution < -0.4 is 15.9 Å². The molecule has 3 nitrogen and oxygen atoms in total. The summed E-state index contributed by atoms with van der Waals surface area (Å²) in [5.74, 6) is 0.155. The van der Waals surface area contributed by atoms with Crippen molar-refractivity contribution in [2.75, 3.05) is 0 Å². The second kappa shape index (κ2) is 12.4. The van der Waals surface area contributed by atoms with Gasteiger partial charge in [-0.2, -0.15) is 26.3 Å². The Kier molecular flexibility index (Phi) is 8.64. The first-order valence-corrected chi connectivity index (χ1v) is 17.2. The number of benzene rings is 5. The van der Waals surface area contributed by atoms with Crippen LogP contribution in [0.3, 0.4) is 0 Å². The Hall–Kier alpha value is -4.62. The van der Waals surface area contributed by atoms with Crippen molar-refractivity contribution in [3.8, 4) is 0 Å². The zero-order valence-electron chi connectivity index (χ0n) is 26.8. The van der Waals surface area contributed by atoms with Crippen molar-refractivity contribution in [1.82, 2.24) is 0 Å². The average Bonchev–Trinajstić information content (AvgIpc) is 3.51. The molecule has 0 fully saturated rings. The normalized spacial score (nSPS) is 16.6. The first-order valence-electron chi connectivity index (χ1n) is 15.5. The summed E-state index contributed by atoms with van der Waals surface area (Å²) >= 11 is 0. The Balaban J connectivity index is 1.59. The van der Waals surface area contributed by atoms with Crippen molar-refractivity contribution in [1.29, 1.82) is 0 Å². The molecule has 0 spiro atoms. The summed E-state index contributed by atoms with van der Waals surface area (Å²) in [6.07, 6.45) is -9.30. The van der Waals surface area contributed by atoms with Gasteiger partial charge in [-0.1, -0.05) is 124 Å². The molecule has 1 atom stereocenters. The molecule has 252 valence electrons. The minimum absolute atomic E-state index is 0.0102. The summed E-state index contributed by atoms with van der Waals surface area (Å²) in [6, 6.07) is 33.0. The molecule has 0 N–H and O–H groups in total. The molecule has 0 saturated carbocycles. The van der Waals surface area contributed by atoms with E-state index in [9.17, 15) is 26.3 Å². The van der Waals surface area contributed by atoms with Crippen LogP contribution in [0.25, 0.3) is 0 Å². The highest BCUT2D eigenvalue weighted by atomic mass is 31.2. The third kappa shape index (κ3) is 6.21. The molecule has 6 rings (SSSR count). The van der Waals surface area contributed by atoms with Gasteiger partial charge in [0.1, 0.15) is 6.04 Å². The molecule has 0 bridgehead atoms. The van der Waals surface area contributed by atoms with Gasteiger partial charge in [-0.25, -0.2) is 4.99 Å². The van der Waals surface area contributed by atoms with Crippen molar-refractivity contribution < 1.29 is 35.6 Å². The average molecular weight is 692 g/mol. The summed E-state index contributed by atoms with van der Waals surface area (Å²) in [5.41, 5.74) is -1.54. The number of alkyl halides is 6. The lowest BCUT2D eigenvalue weighted by molar-refractivity contribution is -0.138. The van der Waals surface area contributed by atoms with Crippen LogP contribution in [-0.2, 0) is 27.3 Å². The first kappa shape index (κ1) is 34.3. The van der Waals surface area contributed by atoms with Gasteiger partial charge in [0.15, 0.2) is 12.7 Å². The van der Waals surface area contributed by atoms with Crippen LogP contribution in [-0.4, -0.2) is 11.9 Å². The third-order valence-corrected chi connectivity index (χ3v) is 11.8. The summed E-state index contributed by atoms with van der Waals surface area (Å²) in [4.78, 5) is 5.17. The van der Waals surface area contributed by atoms with Crippen molar-refractivity contribution in [3.05, 3.63) is 161 Å². The van der Waals surface area contributed by atoms with E-state index in [0.717, 1.165) is 59.7 Å². The molecule has 1 aliphatic rings. The number of hydrogen-bond acceptors (Lipinski definition) is 3. The third-order valence-electron chi connectivity index (χ3n) is 8.70. The van der Waals surface area contributed by atoms with Crippen molar-refractivity contribution in [2.45, 2.75) is 44.8 Å². The maximum Gasteiger partial charge on any atom is 0.416 e. The Morgan fingerprint density at radius 2 is 1.00 bits per heavy atom. The monoisotopic (exact) mass is 691 g/mol. The Labute approximate surface area is 280 Å². The van der Waals surface area contributed by atoms with Gasteiger partial charge in [-0.05, 0) is 35.7 Å². The molecule has 5 aromatic carbocycles. The fourth-order valence-electron chi connectivity index (χ4n) is 6.42. The van der Waals surface area contributed by atoms with Crippen LogP contribution in [0.4, 0.5) is 26.3 Å². The summed E-state index contributed by atoms with van der Waals surface area (Å²) < 4.78 is 104. The molecule has 0 aliphatic carbocycles. The number of aliphatic imine (C=N–C) groups is 1. The molecule has 0 amide bonds. The maximum absolute atomic E-state index is 15.6. The highest BCUT2D eigenvalue weighted by molar-refractivity contribution is 7.85. The molecular formula is C39H32F6NO2P. The van der Waals surface area contributed by atoms with E-state index in [1.807, 2.05) is 81.4 Å². The van der Waals surface area contributed by atoms with E-state index in [1.54, 1.807) is 24.3 Å². The van der Waals surface area contributed by atoms with Gasteiger partial charge in [0.05, 0.1) is 11.1 Å². The van der Waals surface area contributed by atoms with Gasteiger partial charge >= 0.3 is 12.4 Å². The lowest BCUT2D eigenvalue weighted by Gasteiger charge is -2.40. The molecule has 0 aromatic heterocycles. The largest absolute Gasteiger partial charge is 0.459 e. The SMILES string of the molecule is CC(C)(C)[C@@H]1N=C(c2ccccc2P(=O)(c2ccc(C(F)(F)F)cc2)c2ccc(C(F)(F)F)cc2)OC1(c1ccccc1)c1ccccc1. The Morgan fingerprint density at radius 3 is 1.41 bits per heavy atom. The smallest absolute Gasteiger partial charge is 0.416 e. The van der Waals surface area contributed by atoms with Crippen molar-refractivity contribution in [2.24, 2.45) is 10.4 Å². The minimum Gasteiger partial charge on any atom is -0.459 e. The first-order chi connectivity index (χ1) is 23.1.